The van der Waals surface area contributed by atoms with Gasteiger partial charge in [0, 0.05) is 22.1 Å². The molecule has 2 amide bonds. The summed E-state index contributed by atoms with van der Waals surface area (Å²) in [6.45, 7) is 3.14. The molecule has 1 atom stereocenters. The Bertz CT molecular complexity index is 1460. The van der Waals surface area contributed by atoms with Crippen molar-refractivity contribution in [1.29, 1.82) is 0 Å². The van der Waals surface area contributed by atoms with Gasteiger partial charge in [0.15, 0.2) is 0 Å². The van der Waals surface area contributed by atoms with Crippen molar-refractivity contribution in [2.75, 3.05) is 10.8 Å². The maximum atomic E-state index is 14.0. The number of para-hydroxylation sites is 1. The van der Waals surface area contributed by atoms with Crippen molar-refractivity contribution in [3.63, 3.8) is 0 Å². The van der Waals surface area contributed by atoms with E-state index in [4.69, 9.17) is 11.6 Å². The third-order valence-corrected chi connectivity index (χ3v) is 9.69. The van der Waals surface area contributed by atoms with Crippen LogP contribution in [0.15, 0.2) is 82.2 Å². The Morgan fingerprint density at radius 3 is 2.35 bits per heavy atom. The van der Waals surface area contributed by atoms with Crippen LogP contribution in [0.4, 0.5) is 5.69 Å². The van der Waals surface area contributed by atoms with Crippen molar-refractivity contribution in [2.45, 2.75) is 63.1 Å². The third kappa shape index (κ3) is 7.25. The molecule has 1 saturated carbocycles. The molecular weight excluding hydrogens is 614 g/mol. The van der Waals surface area contributed by atoms with Crippen LogP contribution >= 0.6 is 27.5 Å². The number of carbonyl (C=O) groups is 2. The van der Waals surface area contributed by atoms with E-state index >= 15 is 0 Å². The van der Waals surface area contributed by atoms with Gasteiger partial charge in [-0.2, -0.15) is 0 Å². The lowest BCUT2D eigenvalue weighted by Crippen LogP contribution is -2.52. The molecule has 0 heterocycles. The molecule has 1 aliphatic carbocycles. The topological polar surface area (TPSA) is 86.8 Å². The Morgan fingerprint density at radius 1 is 1.02 bits per heavy atom. The van der Waals surface area contributed by atoms with Gasteiger partial charge in [-0.15, -0.1) is 0 Å². The number of nitrogens with one attached hydrogen (secondary N) is 1. The molecule has 3 aromatic rings. The number of hydrogen-bond donors (Lipinski definition) is 1. The van der Waals surface area contributed by atoms with Crippen molar-refractivity contribution >= 4 is 55.1 Å². The highest BCUT2D eigenvalue weighted by molar-refractivity contribution is 9.10. The smallest absolute Gasteiger partial charge is 0.264 e. The number of benzene rings is 3. The average Bonchev–Trinajstić information content (AvgIpc) is 3.43. The monoisotopic (exact) mass is 645 g/mol. The molecule has 0 radical (unpaired) electrons. The number of halogens is 2. The molecule has 1 aliphatic rings. The summed E-state index contributed by atoms with van der Waals surface area (Å²) < 4.78 is 29.8. The van der Waals surface area contributed by atoms with Crippen LogP contribution in [0.5, 0.6) is 0 Å². The Kier molecular flexibility index (Phi) is 9.92. The zero-order valence-electron chi connectivity index (χ0n) is 22.5. The van der Waals surface area contributed by atoms with Gasteiger partial charge in [0.05, 0.1) is 10.6 Å². The minimum Gasteiger partial charge on any atom is -0.352 e. The summed E-state index contributed by atoms with van der Waals surface area (Å²) in [6, 6.07) is 19.6. The predicted molar refractivity (Wildman–Crippen MR) is 162 cm³/mol. The summed E-state index contributed by atoms with van der Waals surface area (Å²) in [5.74, 6) is -0.743. The van der Waals surface area contributed by atoms with E-state index in [0.717, 1.165) is 40.0 Å². The number of anilines is 1. The number of nitrogens with zero attached hydrogens (tertiary/aromatic N) is 2. The van der Waals surface area contributed by atoms with Gasteiger partial charge in [-0.05, 0) is 80.3 Å². The average molecular weight is 647 g/mol. The highest BCUT2D eigenvalue weighted by Gasteiger charge is 2.33. The minimum absolute atomic E-state index is 0.0125. The van der Waals surface area contributed by atoms with Gasteiger partial charge in [-0.3, -0.25) is 13.9 Å². The second-order valence-corrected chi connectivity index (χ2v) is 13.3. The van der Waals surface area contributed by atoms with E-state index in [9.17, 15) is 18.0 Å². The summed E-state index contributed by atoms with van der Waals surface area (Å²) in [5.41, 5.74) is 1.89. The SMILES string of the molecule is Cc1ccccc1N(CC(=O)N(Cc1cccc(Br)c1)[C@@H](C)C(=O)NC1CCCC1)S(=O)(=O)c1ccc(Cl)cc1. The standard InChI is InChI=1S/C30H33BrClN3O4S/c1-21-8-3-6-13-28(21)35(40(38,39)27-16-14-25(32)15-17-27)20-29(36)34(19-23-9-7-10-24(31)18-23)22(2)30(37)33-26-11-4-5-12-26/h3,6-10,13-18,22,26H,4-5,11-12,19-20H2,1-2H3,(H,33,37)/t22-/m0/s1. The molecule has 3 aromatic carbocycles. The lowest BCUT2D eigenvalue weighted by Gasteiger charge is -2.33. The zero-order valence-corrected chi connectivity index (χ0v) is 25.7. The number of rotatable bonds is 10. The molecule has 1 fully saturated rings. The van der Waals surface area contributed by atoms with Crippen LogP contribution in [0.1, 0.15) is 43.7 Å². The molecule has 0 aromatic heterocycles. The van der Waals surface area contributed by atoms with Gasteiger partial charge in [0.25, 0.3) is 10.0 Å². The van der Waals surface area contributed by atoms with Gasteiger partial charge in [0.1, 0.15) is 12.6 Å². The van der Waals surface area contributed by atoms with Gasteiger partial charge in [0.2, 0.25) is 11.8 Å². The van der Waals surface area contributed by atoms with Gasteiger partial charge >= 0.3 is 0 Å². The van der Waals surface area contributed by atoms with Crippen LogP contribution in [-0.4, -0.2) is 43.8 Å². The molecule has 0 aliphatic heterocycles. The summed E-state index contributed by atoms with van der Waals surface area (Å²) in [5, 5.41) is 3.48. The molecule has 4 rings (SSSR count). The maximum absolute atomic E-state index is 14.0. The fraction of sp³-hybridized carbons (Fsp3) is 0.333. The first kappa shape index (κ1) is 30.1. The first-order valence-corrected chi connectivity index (χ1v) is 15.9. The highest BCUT2D eigenvalue weighted by Crippen LogP contribution is 2.28. The molecule has 40 heavy (non-hydrogen) atoms. The lowest BCUT2D eigenvalue weighted by molar-refractivity contribution is -0.139. The molecule has 0 bridgehead atoms. The van der Waals surface area contributed by atoms with Crippen LogP contribution in [0.3, 0.4) is 0 Å². The van der Waals surface area contributed by atoms with E-state index in [-0.39, 0.29) is 23.4 Å². The van der Waals surface area contributed by atoms with E-state index in [0.29, 0.717) is 16.3 Å². The fourth-order valence-corrected chi connectivity index (χ4v) is 6.95. The van der Waals surface area contributed by atoms with E-state index in [1.807, 2.05) is 30.3 Å². The van der Waals surface area contributed by atoms with Crippen LogP contribution in [0, 0.1) is 6.92 Å². The highest BCUT2D eigenvalue weighted by atomic mass is 79.9. The Morgan fingerprint density at radius 2 is 1.70 bits per heavy atom. The van der Waals surface area contributed by atoms with Crippen molar-refractivity contribution in [1.82, 2.24) is 10.2 Å². The second kappa shape index (κ2) is 13.2. The normalized spacial score (nSPS) is 14.5. The zero-order chi connectivity index (χ0) is 28.9. The number of aryl methyl sites for hydroxylation is 1. The van der Waals surface area contributed by atoms with Crippen molar-refractivity contribution in [3.8, 4) is 0 Å². The Balaban J connectivity index is 1.69. The van der Waals surface area contributed by atoms with Gasteiger partial charge in [-0.1, -0.05) is 70.7 Å². The van der Waals surface area contributed by atoms with E-state index in [1.54, 1.807) is 32.0 Å². The second-order valence-electron chi connectivity index (χ2n) is 10.1. The largest absolute Gasteiger partial charge is 0.352 e. The third-order valence-electron chi connectivity index (χ3n) is 7.18. The van der Waals surface area contributed by atoms with Crippen molar-refractivity contribution in [2.24, 2.45) is 0 Å². The fourth-order valence-electron chi connectivity index (χ4n) is 4.90. The lowest BCUT2D eigenvalue weighted by atomic mass is 10.1. The molecule has 212 valence electrons. The summed E-state index contributed by atoms with van der Waals surface area (Å²) >= 11 is 9.48. The first-order valence-electron chi connectivity index (χ1n) is 13.2. The minimum atomic E-state index is -4.15. The molecule has 10 heteroatoms. The van der Waals surface area contributed by atoms with Crippen LogP contribution < -0.4 is 9.62 Å². The number of amides is 2. The summed E-state index contributed by atoms with van der Waals surface area (Å²) in [4.78, 5) is 28.8. The van der Waals surface area contributed by atoms with Gasteiger partial charge in [-0.25, -0.2) is 8.42 Å². The van der Waals surface area contributed by atoms with E-state index < -0.39 is 28.5 Å². The number of carbonyl (C=O) groups excluding carboxylic acids is 2. The molecule has 0 saturated heterocycles. The molecular formula is C30H33BrClN3O4S. The molecule has 0 unspecified atom stereocenters. The molecule has 1 N–H and O–H groups in total. The summed E-state index contributed by atoms with van der Waals surface area (Å²) in [6.07, 6.45) is 3.96. The number of hydrogen-bond acceptors (Lipinski definition) is 4. The predicted octanol–water partition coefficient (Wildman–Crippen LogP) is 6.08. The molecule has 7 nitrogen and oxygen atoms in total. The van der Waals surface area contributed by atoms with E-state index in [2.05, 4.69) is 21.2 Å². The maximum Gasteiger partial charge on any atom is 0.264 e. The van der Waals surface area contributed by atoms with Crippen molar-refractivity contribution < 1.29 is 18.0 Å². The summed E-state index contributed by atoms with van der Waals surface area (Å²) in [7, 11) is -4.15. The first-order chi connectivity index (χ1) is 19.1. The van der Waals surface area contributed by atoms with Crippen molar-refractivity contribution in [3.05, 3.63) is 93.4 Å². The molecule has 0 spiro atoms. The van der Waals surface area contributed by atoms with Crippen LogP contribution in [-0.2, 0) is 26.2 Å². The number of sulfonamides is 1. The van der Waals surface area contributed by atoms with Crippen LogP contribution in [0.25, 0.3) is 0 Å². The van der Waals surface area contributed by atoms with E-state index in [1.165, 1.54) is 29.2 Å². The van der Waals surface area contributed by atoms with Gasteiger partial charge < -0.3 is 10.2 Å². The Hall–Kier alpha value is -2.88. The van der Waals surface area contributed by atoms with Crippen LogP contribution in [0.2, 0.25) is 5.02 Å². The quantitative estimate of drug-likeness (QED) is 0.289. The Labute approximate surface area is 249 Å².